The number of benzene rings is 2. The maximum absolute atomic E-state index is 13.0. The first kappa shape index (κ1) is 25.3. The van der Waals surface area contributed by atoms with Gasteiger partial charge < -0.3 is 10.0 Å². The Morgan fingerprint density at radius 2 is 1.43 bits per heavy atom. The van der Waals surface area contributed by atoms with E-state index in [-0.39, 0.29) is 38.0 Å². The summed E-state index contributed by atoms with van der Waals surface area (Å²) in [5, 5.41) is 9.58. The average Bonchev–Trinajstić information content (AvgIpc) is 3.58. The van der Waals surface area contributed by atoms with Crippen LogP contribution in [0, 0.1) is 5.92 Å². The fraction of sp³-hybridized carbons (Fsp3) is 0.409. The lowest BCUT2D eigenvalue weighted by molar-refractivity contribution is -0.138. The van der Waals surface area contributed by atoms with Gasteiger partial charge in [0.1, 0.15) is 5.75 Å². The van der Waals surface area contributed by atoms with Crippen molar-refractivity contribution in [2.24, 2.45) is 5.92 Å². The van der Waals surface area contributed by atoms with E-state index >= 15 is 0 Å². The third-order valence-corrected chi connectivity index (χ3v) is 8.06. The Balaban J connectivity index is 1.38. The van der Waals surface area contributed by atoms with Crippen LogP contribution in [-0.2, 0) is 27.2 Å². The van der Waals surface area contributed by atoms with Gasteiger partial charge in [-0.3, -0.25) is 4.79 Å². The standard InChI is InChI=1S/C22H20F6N2O4S/c23-21(24,25)14-3-1-13(2-4-14)18-12-19(18)20(32)29-5-7-30(8-6-29)35(33,34)17-10-15(22(26,27)28)9-16(31)11-17/h1-4,9-11,18-19,31H,5-8,12H2/t18-,19+/m0/s1. The molecule has 0 bridgehead atoms. The smallest absolute Gasteiger partial charge is 0.416 e. The van der Waals surface area contributed by atoms with Crippen molar-refractivity contribution in [1.29, 1.82) is 0 Å². The SMILES string of the molecule is O=C([C@@H]1C[C@H]1c1ccc(C(F)(F)F)cc1)N1CCN(S(=O)(=O)c2cc(O)cc(C(F)(F)F)c2)CC1. The number of hydrogen-bond donors (Lipinski definition) is 1. The van der Waals surface area contributed by atoms with E-state index in [1.807, 2.05) is 0 Å². The topological polar surface area (TPSA) is 77.9 Å². The molecule has 2 atom stereocenters. The number of aromatic hydroxyl groups is 1. The van der Waals surface area contributed by atoms with Crippen LogP contribution in [0.2, 0.25) is 0 Å². The molecule has 1 saturated carbocycles. The van der Waals surface area contributed by atoms with Crippen molar-refractivity contribution in [3.8, 4) is 5.75 Å². The molecule has 0 unspecified atom stereocenters. The van der Waals surface area contributed by atoms with Crippen molar-refractivity contribution >= 4 is 15.9 Å². The van der Waals surface area contributed by atoms with Gasteiger partial charge in [-0.2, -0.15) is 30.6 Å². The van der Waals surface area contributed by atoms with Crippen molar-refractivity contribution in [2.75, 3.05) is 26.2 Å². The summed E-state index contributed by atoms with van der Waals surface area (Å²) in [5.41, 5.74) is -1.47. The highest BCUT2D eigenvalue weighted by atomic mass is 32.2. The highest BCUT2D eigenvalue weighted by Gasteiger charge is 2.47. The maximum atomic E-state index is 13.0. The van der Waals surface area contributed by atoms with Crippen LogP contribution in [-0.4, -0.2) is 54.8 Å². The van der Waals surface area contributed by atoms with Gasteiger partial charge in [-0.05, 0) is 48.2 Å². The summed E-state index contributed by atoms with van der Waals surface area (Å²) in [6.07, 6.45) is -8.83. The summed E-state index contributed by atoms with van der Waals surface area (Å²) < 4.78 is 104. The van der Waals surface area contributed by atoms with Crippen LogP contribution in [0.15, 0.2) is 47.4 Å². The molecule has 0 aromatic heterocycles. The molecule has 35 heavy (non-hydrogen) atoms. The molecule has 2 aromatic rings. The molecule has 1 heterocycles. The number of alkyl halides is 6. The Morgan fingerprint density at radius 1 is 0.857 bits per heavy atom. The Kier molecular flexibility index (Phi) is 6.29. The van der Waals surface area contributed by atoms with Crippen molar-refractivity contribution in [3.63, 3.8) is 0 Å². The lowest BCUT2D eigenvalue weighted by atomic mass is 10.1. The summed E-state index contributed by atoms with van der Waals surface area (Å²) in [4.78, 5) is 13.6. The minimum absolute atomic E-state index is 0.0131. The van der Waals surface area contributed by atoms with Crippen LogP contribution in [0.5, 0.6) is 5.75 Å². The monoisotopic (exact) mass is 522 g/mol. The van der Waals surface area contributed by atoms with Crippen molar-refractivity contribution in [2.45, 2.75) is 29.6 Å². The second-order valence-corrected chi connectivity index (χ2v) is 10.4. The highest BCUT2D eigenvalue weighted by molar-refractivity contribution is 7.89. The number of nitrogens with zero attached hydrogens (tertiary/aromatic N) is 2. The molecule has 0 spiro atoms. The van der Waals surface area contributed by atoms with E-state index in [4.69, 9.17) is 0 Å². The predicted molar refractivity (Wildman–Crippen MR) is 111 cm³/mol. The van der Waals surface area contributed by atoms with Crippen LogP contribution in [0.3, 0.4) is 0 Å². The average molecular weight is 522 g/mol. The first-order valence-corrected chi connectivity index (χ1v) is 12.0. The normalized spacial score (nSPS) is 21.7. The molecule has 1 saturated heterocycles. The molecule has 13 heteroatoms. The van der Waals surface area contributed by atoms with Gasteiger partial charge in [0.25, 0.3) is 0 Å². The number of sulfonamides is 1. The molecule has 2 aliphatic rings. The van der Waals surface area contributed by atoms with Crippen LogP contribution in [0.1, 0.15) is 29.0 Å². The second kappa shape index (κ2) is 8.70. The molecule has 1 aliphatic heterocycles. The minimum Gasteiger partial charge on any atom is -0.508 e. The minimum atomic E-state index is -4.85. The number of hydrogen-bond acceptors (Lipinski definition) is 4. The first-order valence-electron chi connectivity index (χ1n) is 10.6. The number of piperazine rings is 1. The van der Waals surface area contributed by atoms with E-state index in [9.17, 15) is 44.7 Å². The predicted octanol–water partition coefficient (Wildman–Crippen LogP) is 4.07. The Bertz CT molecular complexity index is 1220. The van der Waals surface area contributed by atoms with Crippen LogP contribution in [0.25, 0.3) is 0 Å². The number of halogens is 6. The molecular formula is C22H20F6N2O4S. The molecular weight excluding hydrogens is 502 g/mol. The van der Waals surface area contributed by atoms with E-state index in [1.165, 1.54) is 17.0 Å². The zero-order chi connectivity index (χ0) is 25.8. The van der Waals surface area contributed by atoms with E-state index in [0.717, 1.165) is 22.5 Å². The number of phenols is 1. The fourth-order valence-electron chi connectivity index (χ4n) is 4.18. The third-order valence-electron chi connectivity index (χ3n) is 6.18. The quantitative estimate of drug-likeness (QED) is 0.615. The summed E-state index contributed by atoms with van der Waals surface area (Å²) in [6.45, 7) is -0.274. The maximum Gasteiger partial charge on any atom is 0.416 e. The van der Waals surface area contributed by atoms with Crippen LogP contribution >= 0.6 is 0 Å². The van der Waals surface area contributed by atoms with E-state index in [2.05, 4.69) is 0 Å². The van der Waals surface area contributed by atoms with Crippen LogP contribution < -0.4 is 0 Å². The molecule has 190 valence electrons. The van der Waals surface area contributed by atoms with Gasteiger partial charge >= 0.3 is 12.4 Å². The second-order valence-electron chi connectivity index (χ2n) is 8.51. The molecule has 1 N–H and O–H groups in total. The molecule has 1 aliphatic carbocycles. The number of amides is 1. The van der Waals surface area contributed by atoms with E-state index in [1.54, 1.807) is 0 Å². The first-order chi connectivity index (χ1) is 16.2. The van der Waals surface area contributed by atoms with Gasteiger partial charge in [-0.1, -0.05) is 12.1 Å². The fourth-order valence-corrected chi connectivity index (χ4v) is 5.67. The van der Waals surface area contributed by atoms with E-state index < -0.39 is 50.1 Å². The summed E-state index contributed by atoms with van der Waals surface area (Å²) in [6, 6.07) is 6.23. The van der Waals surface area contributed by atoms with Gasteiger partial charge in [0.05, 0.1) is 16.0 Å². The molecule has 2 fully saturated rings. The molecule has 0 radical (unpaired) electrons. The highest BCUT2D eigenvalue weighted by Crippen LogP contribution is 2.49. The number of rotatable bonds is 4. The Labute approximate surface area is 196 Å². The van der Waals surface area contributed by atoms with Gasteiger partial charge in [0.2, 0.25) is 15.9 Å². The Morgan fingerprint density at radius 3 is 1.97 bits per heavy atom. The molecule has 2 aromatic carbocycles. The van der Waals surface area contributed by atoms with Gasteiger partial charge in [0.15, 0.2) is 0 Å². The van der Waals surface area contributed by atoms with Gasteiger partial charge in [-0.15, -0.1) is 0 Å². The summed E-state index contributed by atoms with van der Waals surface area (Å²) in [7, 11) is -4.35. The van der Waals surface area contributed by atoms with Crippen molar-refractivity contribution < 1.29 is 44.7 Å². The summed E-state index contributed by atoms with van der Waals surface area (Å²) in [5.74, 6) is -1.73. The van der Waals surface area contributed by atoms with Crippen molar-refractivity contribution in [1.82, 2.24) is 9.21 Å². The van der Waals surface area contributed by atoms with Gasteiger partial charge in [0, 0.05) is 32.1 Å². The zero-order valence-corrected chi connectivity index (χ0v) is 18.8. The van der Waals surface area contributed by atoms with Crippen LogP contribution in [0.4, 0.5) is 26.3 Å². The third kappa shape index (κ3) is 5.25. The number of carbonyl (C=O) groups is 1. The number of phenolic OH excluding ortho intramolecular Hbond substituents is 1. The summed E-state index contributed by atoms with van der Waals surface area (Å²) >= 11 is 0. The van der Waals surface area contributed by atoms with Gasteiger partial charge in [-0.25, -0.2) is 8.42 Å². The lowest BCUT2D eigenvalue weighted by Gasteiger charge is -2.34. The number of carbonyl (C=O) groups excluding carboxylic acids is 1. The Hall–Kier alpha value is -2.80. The zero-order valence-electron chi connectivity index (χ0n) is 18.0. The lowest BCUT2D eigenvalue weighted by Crippen LogP contribution is -2.51. The molecule has 1 amide bonds. The van der Waals surface area contributed by atoms with Crippen molar-refractivity contribution in [3.05, 3.63) is 59.2 Å². The largest absolute Gasteiger partial charge is 0.508 e. The molecule has 4 rings (SSSR count). The molecule has 6 nitrogen and oxygen atoms in total. The van der Waals surface area contributed by atoms with E-state index in [0.29, 0.717) is 24.1 Å².